The van der Waals surface area contributed by atoms with E-state index >= 15 is 0 Å². The third-order valence-corrected chi connectivity index (χ3v) is 8.19. The number of aliphatic carboxylic acids is 2. The minimum atomic E-state index is -1.08. The predicted molar refractivity (Wildman–Crippen MR) is 169 cm³/mol. The van der Waals surface area contributed by atoms with Crippen molar-refractivity contribution in [2.45, 2.75) is 151 Å². The molecule has 0 radical (unpaired) electrons. The van der Waals surface area contributed by atoms with Gasteiger partial charge in [-0.2, -0.15) is 0 Å². The quantitative estimate of drug-likeness (QED) is 0.0721. The van der Waals surface area contributed by atoms with Gasteiger partial charge in [-0.05, 0) is 62.1 Å². The molecule has 0 saturated carbocycles. The molecular weight excluding hydrogens is 548 g/mol. The van der Waals surface area contributed by atoms with Gasteiger partial charge in [0, 0.05) is 5.56 Å². The van der Waals surface area contributed by atoms with E-state index < -0.39 is 23.9 Å². The number of benzene rings is 1. The Bertz CT molecular complexity index is 1040. The van der Waals surface area contributed by atoms with Crippen LogP contribution < -0.4 is 9.47 Å². The van der Waals surface area contributed by atoms with Crippen molar-refractivity contribution in [3.05, 3.63) is 22.3 Å². The van der Waals surface area contributed by atoms with Crippen molar-refractivity contribution < 1.29 is 38.9 Å². The molecule has 0 saturated heterocycles. The largest absolute Gasteiger partial charge is 0.481 e. The number of hydrogen-bond acceptors (Lipinski definition) is 6. The number of carboxylic acid groups (broad SMARTS) is 2. The molecule has 0 aliphatic heterocycles. The highest BCUT2D eigenvalue weighted by atomic mass is 16.5. The van der Waals surface area contributed by atoms with Gasteiger partial charge < -0.3 is 19.7 Å². The fraction of sp³-hybridized carbons (Fsp3) is 0.714. The topological polar surface area (TPSA) is 127 Å². The van der Waals surface area contributed by atoms with E-state index in [1.165, 1.54) is 64.2 Å². The van der Waals surface area contributed by atoms with Gasteiger partial charge >= 0.3 is 23.9 Å². The first kappa shape index (κ1) is 38.1. The van der Waals surface area contributed by atoms with Crippen LogP contribution in [0, 0.1) is 32.6 Å². The zero-order chi connectivity index (χ0) is 32.4. The van der Waals surface area contributed by atoms with Crippen molar-refractivity contribution >= 4 is 23.9 Å². The third kappa shape index (κ3) is 15.9. The molecule has 0 amide bonds. The maximum atomic E-state index is 12.5. The Kier molecular flexibility index (Phi) is 18.5. The van der Waals surface area contributed by atoms with Gasteiger partial charge in [0.15, 0.2) is 0 Å². The van der Waals surface area contributed by atoms with E-state index in [4.69, 9.17) is 19.7 Å². The SMILES string of the molecule is Cc1c(C)c(OC(=O)CCC(=O)O)c(CCC(C)CCCCCCCCCCCC(C)C)c(C)c1OC(=O)CCC(=O)O. The maximum Gasteiger partial charge on any atom is 0.311 e. The predicted octanol–water partition coefficient (Wildman–Crippen LogP) is 8.67. The summed E-state index contributed by atoms with van der Waals surface area (Å²) in [4.78, 5) is 46.7. The van der Waals surface area contributed by atoms with E-state index in [1.54, 1.807) is 13.8 Å². The van der Waals surface area contributed by atoms with Crippen molar-refractivity contribution in [1.29, 1.82) is 0 Å². The summed E-state index contributed by atoms with van der Waals surface area (Å²) in [6, 6.07) is 0. The van der Waals surface area contributed by atoms with Crippen LogP contribution in [0.3, 0.4) is 0 Å². The fourth-order valence-electron chi connectivity index (χ4n) is 5.31. The first-order valence-corrected chi connectivity index (χ1v) is 16.3. The van der Waals surface area contributed by atoms with E-state index in [0.29, 0.717) is 40.5 Å². The van der Waals surface area contributed by atoms with E-state index in [9.17, 15) is 19.2 Å². The molecule has 0 fully saturated rings. The van der Waals surface area contributed by atoms with E-state index in [0.717, 1.165) is 24.3 Å². The summed E-state index contributed by atoms with van der Waals surface area (Å²) < 4.78 is 11.3. The second-order valence-electron chi connectivity index (χ2n) is 12.5. The summed E-state index contributed by atoms with van der Waals surface area (Å²) >= 11 is 0. The molecule has 1 rings (SSSR count). The van der Waals surface area contributed by atoms with Gasteiger partial charge in [-0.1, -0.05) is 91.4 Å². The number of hydrogen-bond donors (Lipinski definition) is 2. The summed E-state index contributed by atoms with van der Waals surface area (Å²) in [7, 11) is 0. The third-order valence-electron chi connectivity index (χ3n) is 8.19. The molecule has 244 valence electrons. The number of rotatable bonds is 23. The Morgan fingerprint density at radius 3 is 1.44 bits per heavy atom. The molecule has 2 N–H and O–H groups in total. The average Bonchev–Trinajstić information content (AvgIpc) is 2.94. The lowest BCUT2D eigenvalue weighted by atomic mass is 9.90. The smallest absolute Gasteiger partial charge is 0.311 e. The summed E-state index contributed by atoms with van der Waals surface area (Å²) in [5.41, 5.74) is 2.68. The molecule has 8 heteroatoms. The van der Waals surface area contributed by atoms with Crippen molar-refractivity contribution in [2.24, 2.45) is 11.8 Å². The molecule has 1 aromatic rings. The molecule has 1 aromatic carbocycles. The molecular formula is C35H56O8. The van der Waals surface area contributed by atoms with Gasteiger partial charge in [-0.3, -0.25) is 19.2 Å². The van der Waals surface area contributed by atoms with Crippen LogP contribution in [0.4, 0.5) is 0 Å². The highest BCUT2D eigenvalue weighted by Crippen LogP contribution is 2.39. The van der Waals surface area contributed by atoms with Crippen LogP contribution >= 0.6 is 0 Å². The number of ether oxygens (including phenoxy) is 2. The monoisotopic (exact) mass is 604 g/mol. The molecule has 0 heterocycles. The summed E-state index contributed by atoms with van der Waals surface area (Å²) in [5, 5.41) is 17.9. The van der Waals surface area contributed by atoms with Gasteiger partial charge in [0.05, 0.1) is 25.7 Å². The van der Waals surface area contributed by atoms with Crippen molar-refractivity contribution in [2.75, 3.05) is 0 Å². The van der Waals surface area contributed by atoms with Crippen LogP contribution in [0.15, 0.2) is 0 Å². The number of carboxylic acids is 2. The molecule has 1 unspecified atom stereocenters. The lowest BCUT2D eigenvalue weighted by Crippen LogP contribution is -2.16. The Morgan fingerprint density at radius 2 is 0.977 bits per heavy atom. The summed E-state index contributed by atoms with van der Waals surface area (Å²) in [6.07, 6.45) is 14.4. The van der Waals surface area contributed by atoms with Crippen LogP contribution in [0.5, 0.6) is 11.5 Å². The second-order valence-corrected chi connectivity index (χ2v) is 12.5. The Balaban J connectivity index is 2.78. The van der Waals surface area contributed by atoms with Gasteiger partial charge in [-0.25, -0.2) is 0 Å². The van der Waals surface area contributed by atoms with Gasteiger partial charge in [0.2, 0.25) is 0 Å². The molecule has 1 atom stereocenters. The first-order chi connectivity index (χ1) is 20.3. The Labute approximate surface area is 258 Å². The van der Waals surface area contributed by atoms with E-state index in [-0.39, 0.29) is 25.7 Å². The van der Waals surface area contributed by atoms with E-state index in [2.05, 4.69) is 20.8 Å². The zero-order valence-electron chi connectivity index (χ0n) is 27.5. The number of carbonyl (C=O) groups is 4. The number of esters is 2. The first-order valence-electron chi connectivity index (χ1n) is 16.3. The van der Waals surface area contributed by atoms with Crippen LogP contribution in [-0.4, -0.2) is 34.1 Å². The molecule has 0 aromatic heterocycles. The normalized spacial score (nSPS) is 11.9. The zero-order valence-corrected chi connectivity index (χ0v) is 27.5. The highest BCUT2D eigenvalue weighted by molar-refractivity contribution is 5.81. The van der Waals surface area contributed by atoms with Crippen LogP contribution in [0.1, 0.15) is 146 Å². The maximum absolute atomic E-state index is 12.5. The lowest BCUT2D eigenvalue weighted by Gasteiger charge is -2.22. The minimum Gasteiger partial charge on any atom is -0.481 e. The summed E-state index contributed by atoms with van der Waals surface area (Å²) in [6.45, 7) is 12.1. The molecule has 0 aliphatic carbocycles. The summed E-state index contributed by atoms with van der Waals surface area (Å²) in [5.74, 6) is -1.40. The van der Waals surface area contributed by atoms with Crippen molar-refractivity contribution in [3.63, 3.8) is 0 Å². The highest BCUT2D eigenvalue weighted by Gasteiger charge is 2.24. The van der Waals surface area contributed by atoms with Crippen LogP contribution in [0.25, 0.3) is 0 Å². The molecule has 8 nitrogen and oxygen atoms in total. The lowest BCUT2D eigenvalue weighted by molar-refractivity contribution is -0.142. The van der Waals surface area contributed by atoms with Crippen molar-refractivity contribution in [3.8, 4) is 11.5 Å². The average molecular weight is 605 g/mol. The molecule has 0 spiro atoms. The second kappa shape index (κ2) is 20.9. The van der Waals surface area contributed by atoms with E-state index in [1.807, 2.05) is 6.92 Å². The standard InChI is InChI=1S/C35H56O8/c1-24(2)16-14-12-10-8-7-9-11-13-15-17-25(3)18-19-29-28(6)34(42-32(40)22-20-30(36)37)26(4)27(5)35(29)43-33(41)23-21-31(38)39/h24-25H,7-23H2,1-6H3,(H,36,37)(H,38,39). The van der Waals surface area contributed by atoms with Crippen molar-refractivity contribution in [1.82, 2.24) is 0 Å². The number of carbonyl (C=O) groups excluding carboxylic acids is 2. The van der Waals surface area contributed by atoms with Gasteiger partial charge in [0.1, 0.15) is 11.5 Å². The minimum absolute atomic E-state index is 0.243. The van der Waals surface area contributed by atoms with Crippen LogP contribution in [0.2, 0.25) is 0 Å². The van der Waals surface area contributed by atoms with Gasteiger partial charge in [-0.15, -0.1) is 0 Å². The van der Waals surface area contributed by atoms with Crippen LogP contribution in [-0.2, 0) is 25.6 Å². The Hall–Kier alpha value is -2.90. The molecule has 0 bridgehead atoms. The molecule has 0 aliphatic rings. The van der Waals surface area contributed by atoms with Gasteiger partial charge in [0.25, 0.3) is 0 Å². The Morgan fingerprint density at radius 1 is 0.558 bits per heavy atom. The molecule has 43 heavy (non-hydrogen) atoms. The number of unbranched alkanes of at least 4 members (excludes halogenated alkanes) is 8. The fourth-order valence-corrected chi connectivity index (χ4v) is 5.31.